The lowest BCUT2D eigenvalue weighted by Gasteiger charge is -2.40. The van der Waals surface area contributed by atoms with Crippen LogP contribution in [0.4, 0.5) is 0 Å². The highest BCUT2D eigenvalue weighted by atomic mass is 32.2. The first-order valence-corrected chi connectivity index (χ1v) is 8.26. The minimum atomic E-state index is -2.89. The van der Waals surface area contributed by atoms with Crippen LogP contribution in [0.1, 0.15) is 52.4 Å². The molecule has 0 aromatic heterocycles. The molecule has 96 valence electrons. The molecule has 2 atom stereocenters. The lowest BCUT2D eigenvalue weighted by atomic mass is 9.72. The predicted molar refractivity (Wildman–Crippen MR) is 68.1 cm³/mol. The second kappa shape index (κ2) is 5.05. The Balaban J connectivity index is 2.78. The molecule has 0 spiro atoms. The maximum absolute atomic E-state index is 11.6. The van der Waals surface area contributed by atoms with Crippen molar-refractivity contribution in [1.82, 2.24) is 0 Å². The Labute approximate surface area is 99.7 Å². The van der Waals surface area contributed by atoms with Gasteiger partial charge in [0.2, 0.25) is 0 Å². The first-order chi connectivity index (χ1) is 7.33. The van der Waals surface area contributed by atoms with Crippen molar-refractivity contribution >= 4 is 9.84 Å². The average molecular weight is 247 g/mol. The van der Waals surface area contributed by atoms with Gasteiger partial charge >= 0.3 is 0 Å². The van der Waals surface area contributed by atoms with Crippen LogP contribution in [0.25, 0.3) is 0 Å². The minimum absolute atomic E-state index is 0.160. The van der Waals surface area contributed by atoms with E-state index in [1.54, 1.807) is 0 Å². The van der Waals surface area contributed by atoms with E-state index in [0.717, 1.165) is 38.5 Å². The minimum Gasteiger partial charge on any atom is -0.325 e. The molecule has 0 saturated heterocycles. The van der Waals surface area contributed by atoms with Crippen LogP contribution < -0.4 is 5.73 Å². The first kappa shape index (κ1) is 14.0. The fourth-order valence-electron chi connectivity index (χ4n) is 2.88. The lowest BCUT2D eigenvalue weighted by molar-refractivity contribution is 0.194. The number of hydrogen-bond donors (Lipinski definition) is 1. The van der Waals surface area contributed by atoms with Crippen molar-refractivity contribution in [2.75, 3.05) is 6.26 Å². The zero-order chi connectivity index (χ0) is 12.4. The molecule has 1 fully saturated rings. The molecule has 1 aliphatic rings. The van der Waals surface area contributed by atoms with Crippen LogP contribution in [0.5, 0.6) is 0 Å². The molecule has 2 N–H and O–H groups in total. The fourth-order valence-corrected chi connectivity index (χ4v) is 4.06. The van der Waals surface area contributed by atoms with Gasteiger partial charge in [-0.3, -0.25) is 0 Å². The van der Waals surface area contributed by atoms with E-state index in [0.29, 0.717) is 5.92 Å². The van der Waals surface area contributed by atoms with Crippen LogP contribution >= 0.6 is 0 Å². The van der Waals surface area contributed by atoms with E-state index in [9.17, 15) is 8.42 Å². The van der Waals surface area contributed by atoms with E-state index in [2.05, 4.69) is 13.8 Å². The highest BCUT2D eigenvalue weighted by Gasteiger charge is 2.38. The standard InChI is InChI=1S/C12H25NO2S/c1-4-12(13,5-2)10-7-6-8-11(9-10)16(3,14)15/h10-11H,4-9,13H2,1-3H3. The van der Waals surface area contributed by atoms with E-state index in [1.807, 2.05) is 0 Å². The van der Waals surface area contributed by atoms with Gasteiger partial charge in [0.1, 0.15) is 9.84 Å². The SMILES string of the molecule is CCC(N)(CC)C1CCCC(S(C)(=O)=O)C1. The molecule has 3 nitrogen and oxygen atoms in total. The molecule has 0 bridgehead atoms. The van der Waals surface area contributed by atoms with Crippen molar-refractivity contribution in [1.29, 1.82) is 0 Å². The van der Waals surface area contributed by atoms with Crippen molar-refractivity contribution in [2.45, 2.75) is 63.2 Å². The summed E-state index contributed by atoms with van der Waals surface area (Å²) in [5, 5.41) is -0.160. The highest BCUT2D eigenvalue weighted by Crippen LogP contribution is 2.37. The highest BCUT2D eigenvalue weighted by molar-refractivity contribution is 7.91. The summed E-state index contributed by atoms with van der Waals surface area (Å²) in [6, 6.07) is 0. The second-order valence-electron chi connectivity index (χ2n) is 5.26. The van der Waals surface area contributed by atoms with E-state index >= 15 is 0 Å². The number of sulfone groups is 1. The van der Waals surface area contributed by atoms with E-state index < -0.39 is 9.84 Å². The molecule has 0 aliphatic heterocycles. The van der Waals surface area contributed by atoms with Crippen molar-refractivity contribution in [3.63, 3.8) is 0 Å². The Morgan fingerprint density at radius 2 is 1.81 bits per heavy atom. The molecular formula is C12H25NO2S. The normalized spacial score (nSPS) is 28.0. The van der Waals surface area contributed by atoms with Crippen molar-refractivity contribution in [3.05, 3.63) is 0 Å². The maximum Gasteiger partial charge on any atom is 0.150 e. The fraction of sp³-hybridized carbons (Fsp3) is 1.00. The van der Waals surface area contributed by atoms with Crippen LogP contribution in [-0.2, 0) is 9.84 Å². The van der Waals surface area contributed by atoms with E-state index in [-0.39, 0.29) is 10.8 Å². The Morgan fingerprint density at radius 3 is 2.25 bits per heavy atom. The smallest absolute Gasteiger partial charge is 0.150 e. The van der Waals surface area contributed by atoms with Gasteiger partial charge in [0.15, 0.2) is 0 Å². The quantitative estimate of drug-likeness (QED) is 0.827. The van der Waals surface area contributed by atoms with Crippen LogP contribution in [-0.4, -0.2) is 25.5 Å². The third kappa shape index (κ3) is 2.98. The number of rotatable bonds is 4. The van der Waals surface area contributed by atoms with E-state index in [4.69, 9.17) is 5.73 Å². The topological polar surface area (TPSA) is 60.2 Å². The van der Waals surface area contributed by atoms with Crippen molar-refractivity contribution < 1.29 is 8.42 Å². The van der Waals surface area contributed by atoms with Crippen molar-refractivity contribution in [3.8, 4) is 0 Å². The van der Waals surface area contributed by atoms with Gasteiger partial charge in [-0.05, 0) is 38.0 Å². The molecule has 0 radical (unpaired) electrons. The lowest BCUT2D eigenvalue weighted by Crippen LogP contribution is -2.49. The van der Waals surface area contributed by atoms with Gasteiger partial charge in [-0.1, -0.05) is 20.3 Å². The monoisotopic (exact) mass is 247 g/mol. The summed E-state index contributed by atoms with van der Waals surface area (Å²) in [6.45, 7) is 4.21. The summed E-state index contributed by atoms with van der Waals surface area (Å²) in [6.07, 6.45) is 6.90. The zero-order valence-corrected chi connectivity index (χ0v) is 11.5. The van der Waals surface area contributed by atoms with Crippen LogP contribution in [0.2, 0.25) is 0 Å². The third-order valence-corrected chi connectivity index (χ3v) is 6.00. The predicted octanol–water partition coefficient (Wildman–Crippen LogP) is 2.11. The van der Waals surface area contributed by atoms with Crippen LogP contribution in [0.15, 0.2) is 0 Å². The van der Waals surface area contributed by atoms with Crippen molar-refractivity contribution in [2.24, 2.45) is 11.7 Å². The molecule has 1 aliphatic carbocycles. The Hall–Kier alpha value is -0.0900. The Morgan fingerprint density at radius 1 is 1.25 bits per heavy atom. The number of hydrogen-bond acceptors (Lipinski definition) is 3. The van der Waals surface area contributed by atoms with Gasteiger partial charge in [0.05, 0.1) is 5.25 Å². The molecule has 2 unspecified atom stereocenters. The summed E-state index contributed by atoms with van der Waals surface area (Å²) < 4.78 is 23.2. The molecule has 0 heterocycles. The summed E-state index contributed by atoms with van der Waals surface area (Å²) in [4.78, 5) is 0. The summed E-state index contributed by atoms with van der Waals surface area (Å²) in [5.74, 6) is 0.371. The largest absolute Gasteiger partial charge is 0.325 e. The van der Waals surface area contributed by atoms with Gasteiger partial charge in [-0.2, -0.15) is 0 Å². The van der Waals surface area contributed by atoms with Gasteiger partial charge in [0.25, 0.3) is 0 Å². The molecule has 4 heteroatoms. The van der Waals surface area contributed by atoms with Crippen LogP contribution in [0, 0.1) is 5.92 Å². The number of nitrogens with two attached hydrogens (primary N) is 1. The second-order valence-corrected chi connectivity index (χ2v) is 7.58. The van der Waals surface area contributed by atoms with Gasteiger partial charge < -0.3 is 5.73 Å². The average Bonchev–Trinajstić information content (AvgIpc) is 2.27. The molecule has 16 heavy (non-hydrogen) atoms. The van der Waals surface area contributed by atoms with Gasteiger partial charge in [0, 0.05) is 11.8 Å². The molecule has 1 rings (SSSR count). The maximum atomic E-state index is 11.6. The molecule has 1 saturated carbocycles. The van der Waals surface area contributed by atoms with Crippen LogP contribution in [0.3, 0.4) is 0 Å². The molecular weight excluding hydrogens is 222 g/mol. The molecule has 0 amide bonds. The van der Waals surface area contributed by atoms with E-state index in [1.165, 1.54) is 6.26 Å². The van der Waals surface area contributed by atoms with Gasteiger partial charge in [-0.25, -0.2) is 8.42 Å². The summed E-state index contributed by atoms with van der Waals surface area (Å²) in [7, 11) is -2.89. The van der Waals surface area contributed by atoms with Gasteiger partial charge in [-0.15, -0.1) is 0 Å². The molecule has 0 aromatic rings. The molecule has 0 aromatic carbocycles. The zero-order valence-electron chi connectivity index (χ0n) is 10.7. The summed E-state index contributed by atoms with van der Waals surface area (Å²) >= 11 is 0. The Bertz CT molecular complexity index is 320. The Kier molecular flexibility index (Phi) is 4.41. The summed E-state index contributed by atoms with van der Waals surface area (Å²) in [5.41, 5.74) is 6.22. The third-order valence-electron chi connectivity index (χ3n) is 4.36. The first-order valence-electron chi connectivity index (χ1n) is 6.31.